The number of aromatic nitrogens is 1. The minimum absolute atomic E-state index is 0.0470. The Kier molecular flexibility index (Phi) is 4.68. The van der Waals surface area contributed by atoms with E-state index in [0.717, 1.165) is 5.56 Å². The highest BCUT2D eigenvalue weighted by Gasteiger charge is 2.43. The second kappa shape index (κ2) is 7.03. The minimum atomic E-state index is -3.85. The Hall–Kier alpha value is -2.71. The summed E-state index contributed by atoms with van der Waals surface area (Å²) in [6.07, 6.45) is 3.32. The van der Waals surface area contributed by atoms with Gasteiger partial charge in [-0.2, -0.15) is 0 Å². The van der Waals surface area contributed by atoms with E-state index in [2.05, 4.69) is 4.98 Å². The molecule has 0 saturated heterocycles. The van der Waals surface area contributed by atoms with Crippen LogP contribution in [0.3, 0.4) is 0 Å². The van der Waals surface area contributed by atoms with Gasteiger partial charge >= 0.3 is 0 Å². The Balaban J connectivity index is 1.70. The van der Waals surface area contributed by atoms with Gasteiger partial charge < -0.3 is 4.74 Å². The van der Waals surface area contributed by atoms with E-state index in [1.54, 1.807) is 42.7 Å². The topological polar surface area (TPSA) is 90.4 Å². The van der Waals surface area contributed by atoms with Crippen LogP contribution in [0.5, 0.6) is 5.75 Å². The third kappa shape index (κ3) is 3.41. The second-order valence-corrected chi connectivity index (χ2v) is 10.6. The van der Waals surface area contributed by atoms with Crippen LogP contribution in [0.15, 0.2) is 82.8 Å². The fourth-order valence-corrected chi connectivity index (χ4v) is 7.53. The van der Waals surface area contributed by atoms with Gasteiger partial charge in [-0.3, -0.25) is 4.98 Å². The molecule has 144 valence electrons. The van der Waals surface area contributed by atoms with Gasteiger partial charge in [0.1, 0.15) is 17.6 Å². The minimum Gasteiger partial charge on any atom is -0.489 e. The monoisotopic (exact) mass is 415 g/mol. The summed E-state index contributed by atoms with van der Waals surface area (Å²) in [6, 6.07) is 16.0. The lowest BCUT2D eigenvalue weighted by atomic mass is 10.1. The molecule has 4 rings (SSSR count). The molecule has 1 aromatic heterocycles. The number of sulfone groups is 2. The number of benzene rings is 2. The van der Waals surface area contributed by atoms with Gasteiger partial charge in [0.05, 0.1) is 15.5 Å². The maximum Gasteiger partial charge on any atom is 0.186 e. The quantitative estimate of drug-likeness (QED) is 0.636. The highest BCUT2D eigenvalue weighted by Crippen LogP contribution is 2.42. The molecule has 1 unspecified atom stereocenters. The zero-order chi connectivity index (χ0) is 19.8. The van der Waals surface area contributed by atoms with Gasteiger partial charge in [0.15, 0.2) is 19.7 Å². The molecule has 0 bridgehead atoms. The van der Waals surface area contributed by atoms with E-state index < -0.39 is 30.7 Å². The summed E-state index contributed by atoms with van der Waals surface area (Å²) >= 11 is 0. The lowest BCUT2D eigenvalue weighted by Gasteiger charge is -2.13. The number of pyridine rings is 1. The first-order valence-electron chi connectivity index (χ1n) is 8.55. The van der Waals surface area contributed by atoms with Crippen molar-refractivity contribution in [2.45, 2.75) is 21.6 Å². The van der Waals surface area contributed by atoms with Crippen LogP contribution < -0.4 is 4.74 Å². The second-order valence-electron chi connectivity index (χ2n) is 6.48. The zero-order valence-electron chi connectivity index (χ0n) is 14.7. The van der Waals surface area contributed by atoms with Crippen molar-refractivity contribution in [2.75, 3.05) is 5.75 Å². The molecular formula is C20H17NO5S2. The molecule has 0 fully saturated rings. The van der Waals surface area contributed by atoms with Crippen LogP contribution in [0.1, 0.15) is 16.4 Å². The SMILES string of the molecule is O=S1(=O)CC(S(=O)(=O)c2ccccc2)c2cc(OCc3cccnc3)ccc21. The van der Waals surface area contributed by atoms with Crippen LogP contribution in [-0.4, -0.2) is 27.6 Å². The molecule has 0 amide bonds. The fraction of sp³-hybridized carbons (Fsp3) is 0.150. The molecule has 6 nitrogen and oxygen atoms in total. The number of hydrogen-bond donors (Lipinski definition) is 0. The molecule has 3 aromatic rings. The lowest BCUT2D eigenvalue weighted by molar-refractivity contribution is 0.305. The van der Waals surface area contributed by atoms with E-state index in [1.807, 2.05) is 6.07 Å². The van der Waals surface area contributed by atoms with Crippen molar-refractivity contribution in [3.63, 3.8) is 0 Å². The van der Waals surface area contributed by atoms with Gasteiger partial charge in [0.25, 0.3) is 0 Å². The molecule has 0 aliphatic carbocycles. The fourth-order valence-electron chi connectivity index (χ4n) is 3.21. The molecule has 2 heterocycles. The highest BCUT2D eigenvalue weighted by atomic mass is 32.2. The predicted molar refractivity (Wildman–Crippen MR) is 103 cm³/mol. The van der Waals surface area contributed by atoms with Crippen LogP contribution in [-0.2, 0) is 26.3 Å². The Morgan fingerprint density at radius 3 is 2.54 bits per heavy atom. The van der Waals surface area contributed by atoms with Gasteiger partial charge in [-0.1, -0.05) is 24.3 Å². The lowest BCUT2D eigenvalue weighted by Crippen LogP contribution is -2.15. The van der Waals surface area contributed by atoms with Crippen LogP contribution in [0.25, 0.3) is 0 Å². The molecular weight excluding hydrogens is 398 g/mol. The first-order chi connectivity index (χ1) is 13.4. The molecule has 8 heteroatoms. The van der Waals surface area contributed by atoms with Gasteiger partial charge in [-0.05, 0) is 42.0 Å². The zero-order valence-corrected chi connectivity index (χ0v) is 16.4. The van der Waals surface area contributed by atoms with Gasteiger partial charge in [0.2, 0.25) is 0 Å². The summed E-state index contributed by atoms with van der Waals surface area (Å²) in [7, 11) is -7.53. The summed E-state index contributed by atoms with van der Waals surface area (Å²) in [4.78, 5) is 4.16. The largest absolute Gasteiger partial charge is 0.489 e. The third-order valence-corrected chi connectivity index (χ3v) is 8.73. The van der Waals surface area contributed by atoms with Crippen LogP contribution in [0.2, 0.25) is 0 Å². The number of nitrogens with zero attached hydrogens (tertiary/aromatic N) is 1. The van der Waals surface area contributed by atoms with E-state index >= 15 is 0 Å². The van der Waals surface area contributed by atoms with Gasteiger partial charge in [-0.25, -0.2) is 16.8 Å². The number of fused-ring (bicyclic) bond motifs is 1. The molecule has 0 saturated carbocycles. The van der Waals surface area contributed by atoms with E-state index in [1.165, 1.54) is 24.3 Å². The van der Waals surface area contributed by atoms with Crippen LogP contribution in [0.4, 0.5) is 0 Å². The Labute approximate surface area is 163 Å². The van der Waals surface area contributed by atoms with Crippen molar-refractivity contribution < 1.29 is 21.6 Å². The highest BCUT2D eigenvalue weighted by molar-refractivity contribution is 7.96. The van der Waals surface area contributed by atoms with Gasteiger partial charge in [-0.15, -0.1) is 0 Å². The Morgan fingerprint density at radius 1 is 1.04 bits per heavy atom. The summed E-state index contributed by atoms with van der Waals surface area (Å²) in [5, 5.41) is -1.16. The molecule has 28 heavy (non-hydrogen) atoms. The van der Waals surface area contributed by atoms with E-state index in [4.69, 9.17) is 4.74 Å². The first kappa shape index (κ1) is 18.6. The van der Waals surface area contributed by atoms with E-state index in [9.17, 15) is 16.8 Å². The Bertz CT molecular complexity index is 1210. The molecule has 0 radical (unpaired) electrons. The van der Waals surface area contributed by atoms with Crippen molar-refractivity contribution in [1.82, 2.24) is 4.98 Å². The smallest absolute Gasteiger partial charge is 0.186 e. The average Bonchev–Trinajstić information content (AvgIpc) is 2.99. The summed E-state index contributed by atoms with van der Waals surface area (Å²) in [6.45, 7) is 0.246. The normalized spacial score (nSPS) is 17.8. The maximum atomic E-state index is 13.1. The number of hydrogen-bond acceptors (Lipinski definition) is 6. The molecule has 0 spiro atoms. The number of ether oxygens (including phenoxy) is 1. The maximum absolute atomic E-state index is 13.1. The molecule has 1 atom stereocenters. The summed E-state index contributed by atoms with van der Waals surface area (Å²) in [5.74, 6) is -0.0565. The molecule has 0 N–H and O–H groups in total. The first-order valence-corrected chi connectivity index (χ1v) is 11.8. The molecule has 2 aromatic carbocycles. The van der Waals surface area contributed by atoms with Crippen molar-refractivity contribution in [3.05, 3.63) is 84.2 Å². The molecule has 1 aliphatic rings. The van der Waals surface area contributed by atoms with Gasteiger partial charge in [0, 0.05) is 18.0 Å². The van der Waals surface area contributed by atoms with Crippen LogP contribution >= 0.6 is 0 Å². The average molecular weight is 415 g/mol. The van der Waals surface area contributed by atoms with Crippen molar-refractivity contribution >= 4 is 19.7 Å². The van der Waals surface area contributed by atoms with E-state index in [-0.39, 0.29) is 22.0 Å². The third-order valence-electron chi connectivity index (χ3n) is 4.61. The van der Waals surface area contributed by atoms with E-state index in [0.29, 0.717) is 5.75 Å². The van der Waals surface area contributed by atoms with Crippen molar-refractivity contribution in [3.8, 4) is 5.75 Å². The standard InChI is InChI=1S/C20H17NO5S2/c22-27(23)14-20(28(24,25)17-6-2-1-3-7-17)18-11-16(8-9-19(18)27)26-13-15-5-4-10-21-12-15/h1-12,20H,13-14H2. The molecule has 1 aliphatic heterocycles. The van der Waals surface area contributed by atoms with Crippen molar-refractivity contribution in [1.29, 1.82) is 0 Å². The summed E-state index contributed by atoms with van der Waals surface area (Å²) in [5.41, 5.74) is 1.11. The number of rotatable bonds is 5. The summed E-state index contributed by atoms with van der Waals surface area (Å²) < 4.78 is 56.9. The van der Waals surface area contributed by atoms with Crippen molar-refractivity contribution in [2.24, 2.45) is 0 Å². The van der Waals surface area contributed by atoms with Crippen LogP contribution in [0, 0.1) is 0 Å². The predicted octanol–water partition coefficient (Wildman–Crippen LogP) is 2.96. The Morgan fingerprint density at radius 2 is 1.82 bits per heavy atom.